The van der Waals surface area contributed by atoms with Crippen LogP contribution in [0, 0.1) is 0 Å². The van der Waals surface area contributed by atoms with Crippen molar-refractivity contribution < 1.29 is 9.47 Å². The highest BCUT2D eigenvalue weighted by Gasteiger charge is 2.06. The number of nitrogens with zero attached hydrogens (tertiary/aromatic N) is 2. The first kappa shape index (κ1) is 22.8. The quantitative estimate of drug-likeness (QED) is 0.344. The van der Waals surface area contributed by atoms with E-state index in [4.69, 9.17) is 15.2 Å². The van der Waals surface area contributed by atoms with Crippen LogP contribution in [-0.4, -0.2) is 50.8 Å². The molecular weight excluding hydrogens is 419 g/mol. The van der Waals surface area contributed by atoms with Crippen molar-refractivity contribution in [3.05, 3.63) is 23.8 Å². The van der Waals surface area contributed by atoms with Crippen molar-refractivity contribution in [3.63, 3.8) is 0 Å². The van der Waals surface area contributed by atoms with E-state index in [2.05, 4.69) is 36.0 Å². The zero-order chi connectivity index (χ0) is 17.2. The first-order valence-corrected chi connectivity index (χ1v) is 8.00. The van der Waals surface area contributed by atoms with Crippen molar-refractivity contribution in [1.29, 1.82) is 0 Å². The third-order valence-electron chi connectivity index (χ3n) is 3.72. The van der Waals surface area contributed by atoms with Crippen LogP contribution in [0.1, 0.15) is 26.3 Å². The second-order valence-electron chi connectivity index (χ2n) is 5.54. The van der Waals surface area contributed by atoms with Gasteiger partial charge in [0.2, 0.25) is 0 Å². The van der Waals surface area contributed by atoms with Crippen LogP contribution in [0.3, 0.4) is 0 Å². The van der Waals surface area contributed by atoms with Crippen molar-refractivity contribution in [1.82, 2.24) is 10.2 Å². The molecule has 6 nitrogen and oxygen atoms in total. The molecule has 0 bridgehead atoms. The van der Waals surface area contributed by atoms with E-state index in [0.717, 1.165) is 25.2 Å². The van der Waals surface area contributed by atoms with Crippen molar-refractivity contribution >= 4 is 29.9 Å². The van der Waals surface area contributed by atoms with E-state index in [0.29, 0.717) is 30.0 Å². The van der Waals surface area contributed by atoms with Gasteiger partial charge in [0.1, 0.15) is 0 Å². The Kier molecular flexibility index (Phi) is 11.6. The lowest BCUT2D eigenvalue weighted by atomic mass is 10.2. The summed E-state index contributed by atoms with van der Waals surface area (Å²) in [6.07, 6.45) is 0. The third kappa shape index (κ3) is 7.57. The van der Waals surface area contributed by atoms with Crippen LogP contribution in [0.25, 0.3) is 0 Å². The molecule has 0 radical (unpaired) electrons. The molecule has 0 aliphatic carbocycles. The number of guanidine groups is 1. The van der Waals surface area contributed by atoms with Crippen molar-refractivity contribution in [2.45, 2.75) is 33.4 Å². The average Bonchev–Trinajstić information content (AvgIpc) is 2.56. The van der Waals surface area contributed by atoms with E-state index < -0.39 is 0 Å². The van der Waals surface area contributed by atoms with Crippen LogP contribution < -0.4 is 20.5 Å². The maximum atomic E-state index is 5.92. The number of halogens is 1. The highest BCUT2D eigenvalue weighted by molar-refractivity contribution is 14.0. The minimum Gasteiger partial charge on any atom is -0.493 e. The number of methoxy groups -OCH3 is 2. The molecule has 0 saturated carbocycles. The molecule has 0 spiro atoms. The Hall–Kier alpha value is -1.22. The molecule has 0 aromatic heterocycles. The first-order valence-electron chi connectivity index (χ1n) is 8.00. The van der Waals surface area contributed by atoms with E-state index in [1.807, 2.05) is 18.2 Å². The van der Waals surface area contributed by atoms with Gasteiger partial charge in [-0.15, -0.1) is 24.0 Å². The Labute approximate surface area is 162 Å². The number of benzene rings is 1. The maximum Gasteiger partial charge on any atom is 0.188 e. The topological polar surface area (TPSA) is 72.1 Å². The fourth-order valence-electron chi connectivity index (χ4n) is 2.32. The third-order valence-corrected chi connectivity index (χ3v) is 3.72. The smallest absolute Gasteiger partial charge is 0.188 e. The second kappa shape index (κ2) is 12.2. The maximum absolute atomic E-state index is 5.92. The number of likely N-dealkylation sites (N-methyl/N-ethyl adjacent to an activating group) is 1. The van der Waals surface area contributed by atoms with Gasteiger partial charge in [0, 0.05) is 19.1 Å². The molecule has 24 heavy (non-hydrogen) atoms. The van der Waals surface area contributed by atoms with E-state index in [1.54, 1.807) is 14.2 Å². The predicted octanol–water partition coefficient (Wildman–Crippen LogP) is 2.46. The largest absolute Gasteiger partial charge is 0.493 e. The van der Waals surface area contributed by atoms with Gasteiger partial charge in [-0.05, 0) is 38.1 Å². The van der Waals surface area contributed by atoms with Gasteiger partial charge in [0.05, 0.1) is 20.8 Å². The van der Waals surface area contributed by atoms with Crippen LogP contribution >= 0.6 is 24.0 Å². The van der Waals surface area contributed by atoms with Gasteiger partial charge >= 0.3 is 0 Å². The zero-order valence-electron chi connectivity index (χ0n) is 15.3. The molecular formula is C17H31IN4O2. The molecule has 0 aliphatic rings. The molecule has 0 heterocycles. The SMILES string of the molecule is CCN(CCNC(N)=NCc1ccc(OC)c(OC)c1)C(C)C.I. The van der Waals surface area contributed by atoms with Crippen LogP contribution in [0.15, 0.2) is 23.2 Å². The Morgan fingerprint density at radius 2 is 1.92 bits per heavy atom. The molecule has 0 unspecified atom stereocenters. The van der Waals surface area contributed by atoms with Crippen molar-refractivity contribution in [3.8, 4) is 11.5 Å². The number of nitrogens with two attached hydrogens (primary N) is 1. The summed E-state index contributed by atoms with van der Waals surface area (Å²) in [5.41, 5.74) is 6.93. The van der Waals surface area contributed by atoms with Gasteiger partial charge in [-0.1, -0.05) is 13.0 Å². The Balaban J connectivity index is 0.00000529. The minimum atomic E-state index is 0. The highest BCUT2D eigenvalue weighted by atomic mass is 127. The number of hydrogen-bond donors (Lipinski definition) is 2. The van der Waals surface area contributed by atoms with Crippen LogP contribution in [0.5, 0.6) is 11.5 Å². The van der Waals surface area contributed by atoms with Crippen molar-refractivity contribution in [2.24, 2.45) is 10.7 Å². The van der Waals surface area contributed by atoms with E-state index in [9.17, 15) is 0 Å². The Morgan fingerprint density at radius 1 is 1.25 bits per heavy atom. The number of ether oxygens (including phenoxy) is 2. The molecule has 0 fully saturated rings. The summed E-state index contributed by atoms with van der Waals surface area (Å²) in [4.78, 5) is 6.73. The van der Waals surface area contributed by atoms with Crippen molar-refractivity contribution in [2.75, 3.05) is 33.9 Å². The van der Waals surface area contributed by atoms with Crippen LogP contribution in [0.2, 0.25) is 0 Å². The molecule has 138 valence electrons. The molecule has 7 heteroatoms. The van der Waals surface area contributed by atoms with Gasteiger partial charge in [-0.3, -0.25) is 4.90 Å². The summed E-state index contributed by atoms with van der Waals surface area (Å²) in [6, 6.07) is 6.27. The first-order chi connectivity index (χ1) is 11.0. The van der Waals surface area contributed by atoms with Gasteiger partial charge in [-0.25, -0.2) is 4.99 Å². The molecule has 0 saturated heterocycles. The van der Waals surface area contributed by atoms with Gasteiger partial charge in [0.15, 0.2) is 17.5 Å². The Morgan fingerprint density at radius 3 is 2.46 bits per heavy atom. The fraction of sp³-hybridized carbons (Fsp3) is 0.588. The number of aliphatic imine (C=N–C) groups is 1. The molecule has 0 atom stereocenters. The summed E-state index contributed by atoms with van der Waals surface area (Å²) in [5, 5.41) is 3.15. The number of nitrogens with one attached hydrogen (secondary N) is 1. The summed E-state index contributed by atoms with van der Waals surface area (Å²) in [6.45, 7) is 9.81. The summed E-state index contributed by atoms with van der Waals surface area (Å²) in [5.74, 6) is 1.86. The zero-order valence-corrected chi connectivity index (χ0v) is 17.7. The summed E-state index contributed by atoms with van der Waals surface area (Å²) in [7, 11) is 3.24. The van der Waals surface area contributed by atoms with Gasteiger partial charge in [-0.2, -0.15) is 0 Å². The van der Waals surface area contributed by atoms with Gasteiger partial charge < -0.3 is 20.5 Å². The highest BCUT2D eigenvalue weighted by Crippen LogP contribution is 2.27. The lowest BCUT2D eigenvalue weighted by Crippen LogP contribution is -2.40. The van der Waals surface area contributed by atoms with Gasteiger partial charge in [0.25, 0.3) is 0 Å². The standard InChI is InChI=1S/C17H30N4O2.HI/c1-6-21(13(2)3)10-9-19-17(18)20-12-14-7-8-15(22-4)16(11-14)23-5;/h7-8,11,13H,6,9-10,12H2,1-5H3,(H3,18,19,20);1H. The number of hydrogen-bond acceptors (Lipinski definition) is 4. The molecule has 0 amide bonds. The number of rotatable bonds is 9. The van der Waals surface area contributed by atoms with Crippen LogP contribution in [-0.2, 0) is 6.54 Å². The normalized spacial score (nSPS) is 11.4. The summed E-state index contributed by atoms with van der Waals surface area (Å²) >= 11 is 0. The molecule has 1 rings (SSSR count). The summed E-state index contributed by atoms with van der Waals surface area (Å²) < 4.78 is 10.5. The fourth-order valence-corrected chi connectivity index (χ4v) is 2.32. The Bertz CT molecular complexity index is 509. The van der Waals surface area contributed by atoms with E-state index in [1.165, 1.54) is 0 Å². The predicted molar refractivity (Wildman–Crippen MR) is 111 cm³/mol. The lowest BCUT2D eigenvalue weighted by molar-refractivity contribution is 0.237. The lowest BCUT2D eigenvalue weighted by Gasteiger charge is -2.24. The monoisotopic (exact) mass is 450 g/mol. The molecule has 1 aromatic rings. The van der Waals surface area contributed by atoms with Crippen LogP contribution in [0.4, 0.5) is 0 Å². The molecule has 1 aromatic carbocycles. The van der Waals surface area contributed by atoms with E-state index in [-0.39, 0.29) is 24.0 Å². The minimum absolute atomic E-state index is 0. The average molecular weight is 450 g/mol. The second-order valence-corrected chi connectivity index (χ2v) is 5.54. The van der Waals surface area contributed by atoms with E-state index >= 15 is 0 Å². The molecule has 3 N–H and O–H groups in total. The molecule has 0 aliphatic heterocycles.